The van der Waals surface area contributed by atoms with E-state index in [9.17, 15) is 14.3 Å². The largest absolute Gasteiger partial charge is 0.496 e. The van der Waals surface area contributed by atoms with Gasteiger partial charge in [0, 0.05) is 10.0 Å². The van der Waals surface area contributed by atoms with Crippen LogP contribution in [0.5, 0.6) is 5.75 Å². The van der Waals surface area contributed by atoms with Crippen LogP contribution >= 0.6 is 15.9 Å². The summed E-state index contributed by atoms with van der Waals surface area (Å²) in [7, 11) is 1.62. The van der Waals surface area contributed by atoms with Crippen molar-refractivity contribution in [3.05, 3.63) is 63.9 Å². The Kier molecular flexibility index (Phi) is 5.94. The Balaban J connectivity index is 2.01. The second-order valence-corrected chi connectivity index (χ2v) is 7.41. The van der Waals surface area contributed by atoms with Crippen LogP contribution in [0, 0.1) is 11.7 Å². The molecule has 0 spiro atoms. The third-order valence-corrected chi connectivity index (χ3v) is 5.39. The molecule has 6 heteroatoms. The number of hydrogen-bond acceptors (Lipinski definition) is 3. The van der Waals surface area contributed by atoms with Crippen LogP contribution in [0.15, 0.2) is 46.9 Å². The molecule has 0 radical (unpaired) electrons. The van der Waals surface area contributed by atoms with Crippen LogP contribution in [-0.4, -0.2) is 36.2 Å². The zero-order valence-corrected chi connectivity index (χ0v) is 16.1. The number of carboxylic acid groups (broad SMARTS) is 1. The molecule has 26 heavy (non-hydrogen) atoms. The number of rotatable bonds is 5. The highest BCUT2D eigenvalue weighted by Crippen LogP contribution is 2.38. The molecule has 0 aliphatic carbocycles. The molecule has 1 saturated heterocycles. The summed E-state index contributed by atoms with van der Waals surface area (Å²) in [6.45, 7) is 1.27. The topological polar surface area (TPSA) is 49.8 Å². The van der Waals surface area contributed by atoms with Gasteiger partial charge in [0.15, 0.2) is 0 Å². The molecule has 0 saturated carbocycles. The number of ether oxygens (including phenoxy) is 1. The molecular weight excluding hydrogens is 401 g/mol. The molecule has 3 rings (SSSR count). The average molecular weight is 422 g/mol. The Labute approximate surface area is 160 Å². The van der Waals surface area contributed by atoms with Crippen molar-refractivity contribution in [1.82, 2.24) is 4.90 Å². The highest BCUT2D eigenvalue weighted by Gasteiger charge is 2.31. The number of hydrogen-bond donors (Lipinski definition) is 1. The first kappa shape index (κ1) is 18.9. The Bertz CT molecular complexity index is 790. The van der Waals surface area contributed by atoms with Crippen molar-refractivity contribution in [1.29, 1.82) is 0 Å². The van der Waals surface area contributed by atoms with E-state index in [1.807, 2.05) is 24.3 Å². The molecular formula is C20H21BrFNO3. The van der Waals surface area contributed by atoms with E-state index in [0.717, 1.165) is 21.3 Å². The molecule has 1 N–H and O–H groups in total. The standard InChI is InChI=1S/C20H21BrFNO3/c1-26-18-6-5-15(21)12-17(18)19(14-3-2-4-16(22)11-14)23-9-7-13(8-10-23)20(24)25/h2-6,11-13,19H,7-10H2,1H3,(H,24,25). The van der Waals surface area contributed by atoms with Gasteiger partial charge in [0.25, 0.3) is 0 Å². The molecule has 1 aliphatic heterocycles. The molecule has 2 aromatic rings. The zero-order valence-electron chi connectivity index (χ0n) is 14.5. The Hall–Kier alpha value is -1.92. The predicted octanol–water partition coefficient (Wildman–Crippen LogP) is 4.48. The van der Waals surface area contributed by atoms with Crippen LogP contribution in [0.4, 0.5) is 4.39 Å². The van der Waals surface area contributed by atoms with Crippen molar-refractivity contribution >= 4 is 21.9 Å². The second kappa shape index (κ2) is 8.18. The monoisotopic (exact) mass is 421 g/mol. The lowest BCUT2D eigenvalue weighted by Gasteiger charge is -2.37. The van der Waals surface area contributed by atoms with E-state index in [0.29, 0.717) is 25.9 Å². The fourth-order valence-corrected chi connectivity index (χ4v) is 3.97. The summed E-state index contributed by atoms with van der Waals surface area (Å²) in [5.41, 5.74) is 1.76. The maximum atomic E-state index is 13.9. The van der Waals surface area contributed by atoms with Gasteiger partial charge in [-0.3, -0.25) is 9.69 Å². The number of carboxylic acids is 1. The summed E-state index contributed by atoms with van der Waals surface area (Å²) in [6.07, 6.45) is 1.16. The van der Waals surface area contributed by atoms with Crippen LogP contribution in [0.25, 0.3) is 0 Å². The Morgan fingerprint density at radius 3 is 2.62 bits per heavy atom. The van der Waals surface area contributed by atoms with Gasteiger partial charge >= 0.3 is 5.97 Å². The molecule has 1 aliphatic rings. The number of aliphatic carboxylic acids is 1. The first-order valence-electron chi connectivity index (χ1n) is 8.55. The number of likely N-dealkylation sites (tertiary alicyclic amines) is 1. The van der Waals surface area contributed by atoms with E-state index in [1.165, 1.54) is 12.1 Å². The van der Waals surface area contributed by atoms with Gasteiger partial charge in [0.05, 0.1) is 19.1 Å². The summed E-state index contributed by atoms with van der Waals surface area (Å²) in [5.74, 6) is -0.625. The summed E-state index contributed by atoms with van der Waals surface area (Å²) in [4.78, 5) is 13.5. The van der Waals surface area contributed by atoms with Gasteiger partial charge in [0.2, 0.25) is 0 Å². The van der Waals surface area contributed by atoms with Gasteiger partial charge in [-0.15, -0.1) is 0 Å². The molecule has 1 atom stereocenters. The average Bonchev–Trinajstić information content (AvgIpc) is 2.63. The summed E-state index contributed by atoms with van der Waals surface area (Å²) in [6, 6.07) is 12.1. The predicted molar refractivity (Wildman–Crippen MR) is 101 cm³/mol. The van der Waals surface area contributed by atoms with Crippen molar-refractivity contribution in [3.63, 3.8) is 0 Å². The van der Waals surface area contributed by atoms with E-state index < -0.39 is 5.97 Å². The molecule has 0 aromatic heterocycles. The zero-order chi connectivity index (χ0) is 18.7. The molecule has 1 unspecified atom stereocenters. The smallest absolute Gasteiger partial charge is 0.306 e. The van der Waals surface area contributed by atoms with E-state index >= 15 is 0 Å². The number of halogens is 2. The first-order valence-corrected chi connectivity index (χ1v) is 9.34. The van der Waals surface area contributed by atoms with Gasteiger partial charge in [0.1, 0.15) is 11.6 Å². The van der Waals surface area contributed by atoms with E-state index in [1.54, 1.807) is 13.2 Å². The molecule has 2 aromatic carbocycles. The molecule has 1 heterocycles. The lowest BCUT2D eigenvalue weighted by molar-refractivity contribution is -0.143. The number of nitrogens with zero attached hydrogens (tertiary/aromatic N) is 1. The van der Waals surface area contributed by atoms with Gasteiger partial charge in [-0.1, -0.05) is 28.1 Å². The minimum absolute atomic E-state index is 0.201. The summed E-state index contributed by atoms with van der Waals surface area (Å²) >= 11 is 3.51. The van der Waals surface area contributed by atoms with Crippen molar-refractivity contribution in [2.45, 2.75) is 18.9 Å². The molecule has 0 amide bonds. The van der Waals surface area contributed by atoms with Gasteiger partial charge in [-0.25, -0.2) is 4.39 Å². The minimum atomic E-state index is -0.744. The first-order chi connectivity index (χ1) is 12.5. The summed E-state index contributed by atoms with van der Waals surface area (Å²) in [5, 5.41) is 9.26. The van der Waals surface area contributed by atoms with Crippen molar-refractivity contribution in [2.75, 3.05) is 20.2 Å². The normalized spacial score (nSPS) is 17.0. The van der Waals surface area contributed by atoms with Gasteiger partial charge in [-0.2, -0.15) is 0 Å². The SMILES string of the molecule is COc1ccc(Br)cc1C(c1cccc(F)c1)N1CCC(C(=O)O)CC1. The van der Waals surface area contributed by atoms with E-state index in [4.69, 9.17) is 4.74 Å². The number of piperidine rings is 1. The highest BCUT2D eigenvalue weighted by molar-refractivity contribution is 9.10. The maximum absolute atomic E-state index is 13.9. The molecule has 1 fully saturated rings. The Morgan fingerprint density at radius 2 is 2.00 bits per heavy atom. The van der Waals surface area contributed by atoms with E-state index in [-0.39, 0.29) is 17.8 Å². The fraction of sp³-hybridized carbons (Fsp3) is 0.350. The van der Waals surface area contributed by atoms with Gasteiger partial charge in [-0.05, 0) is 61.8 Å². The number of benzene rings is 2. The van der Waals surface area contributed by atoms with Gasteiger partial charge < -0.3 is 9.84 Å². The quantitative estimate of drug-likeness (QED) is 0.772. The molecule has 0 bridgehead atoms. The maximum Gasteiger partial charge on any atom is 0.306 e. The number of methoxy groups -OCH3 is 1. The molecule has 4 nitrogen and oxygen atoms in total. The highest BCUT2D eigenvalue weighted by atomic mass is 79.9. The van der Waals surface area contributed by atoms with Crippen molar-refractivity contribution in [3.8, 4) is 5.75 Å². The van der Waals surface area contributed by atoms with Crippen LogP contribution in [0.3, 0.4) is 0 Å². The minimum Gasteiger partial charge on any atom is -0.496 e. The number of carbonyl (C=O) groups is 1. The van der Waals surface area contributed by atoms with Crippen molar-refractivity contribution in [2.24, 2.45) is 5.92 Å². The Morgan fingerprint density at radius 1 is 1.27 bits per heavy atom. The van der Waals surface area contributed by atoms with Crippen molar-refractivity contribution < 1.29 is 19.0 Å². The molecule has 138 valence electrons. The van der Waals surface area contributed by atoms with Crippen LogP contribution in [0.1, 0.15) is 30.0 Å². The van der Waals surface area contributed by atoms with Crippen LogP contribution < -0.4 is 4.74 Å². The summed E-state index contributed by atoms with van der Waals surface area (Å²) < 4.78 is 20.4. The van der Waals surface area contributed by atoms with E-state index in [2.05, 4.69) is 20.8 Å². The lowest BCUT2D eigenvalue weighted by atomic mass is 9.91. The third-order valence-electron chi connectivity index (χ3n) is 4.89. The second-order valence-electron chi connectivity index (χ2n) is 6.49. The lowest BCUT2D eigenvalue weighted by Crippen LogP contribution is -2.39. The fourth-order valence-electron chi connectivity index (χ4n) is 3.59. The third kappa shape index (κ3) is 4.07. The van der Waals surface area contributed by atoms with Crippen LogP contribution in [-0.2, 0) is 4.79 Å². The van der Waals surface area contributed by atoms with Crippen LogP contribution in [0.2, 0.25) is 0 Å².